The highest BCUT2D eigenvalue weighted by Gasteiger charge is 2.08. The van der Waals surface area contributed by atoms with Crippen LogP contribution in [0.5, 0.6) is 0 Å². The van der Waals surface area contributed by atoms with Crippen molar-refractivity contribution in [1.29, 1.82) is 0 Å². The Kier molecular flexibility index (Phi) is 3.30. The lowest BCUT2D eigenvalue weighted by molar-refractivity contribution is -0.255. The summed E-state index contributed by atoms with van der Waals surface area (Å²) in [6.07, 6.45) is 0. The van der Waals surface area contributed by atoms with Crippen molar-refractivity contribution in [3.63, 3.8) is 0 Å². The molecule has 18 heavy (non-hydrogen) atoms. The third-order valence-electron chi connectivity index (χ3n) is 2.38. The van der Waals surface area contributed by atoms with Crippen LogP contribution in [0.3, 0.4) is 0 Å². The zero-order valence-electron chi connectivity index (χ0n) is 8.91. The van der Waals surface area contributed by atoms with Crippen LogP contribution in [-0.2, 0) is 0 Å². The van der Waals surface area contributed by atoms with Crippen LogP contribution in [0.2, 0.25) is 5.02 Å². The standard InChI is InChI=1S/C13H7ClF2O2/c14-9-3-8(4-10(15)6-9)11-2-1-7(13(17)18)5-12(11)16/h1-6H,(H,17,18)/p-1. The molecule has 0 aliphatic rings. The maximum atomic E-state index is 13.7. The minimum absolute atomic E-state index is 0.0707. The van der Waals surface area contributed by atoms with Crippen molar-refractivity contribution < 1.29 is 18.7 Å². The average molecular weight is 268 g/mol. The Hall–Kier alpha value is -1.94. The van der Waals surface area contributed by atoms with Crippen molar-refractivity contribution in [1.82, 2.24) is 0 Å². The molecular weight excluding hydrogens is 262 g/mol. The van der Waals surface area contributed by atoms with Gasteiger partial charge < -0.3 is 9.90 Å². The molecule has 2 aromatic carbocycles. The number of benzene rings is 2. The highest BCUT2D eigenvalue weighted by atomic mass is 35.5. The molecule has 0 aliphatic heterocycles. The fraction of sp³-hybridized carbons (Fsp3) is 0. The van der Waals surface area contributed by atoms with Crippen LogP contribution in [0.15, 0.2) is 36.4 Å². The van der Waals surface area contributed by atoms with Crippen LogP contribution < -0.4 is 5.11 Å². The molecule has 5 heteroatoms. The van der Waals surface area contributed by atoms with Crippen LogP contribution in [0.25, 0.3) is 11.1 Å². The van der Waals surface area contributed by atoms with E-state index in [0.29, 0.717) is 0 Å². The highest BCUT2D eigenvalue weighted by Crippen LogP contribution is 2.27. The van der Waals surface area contributed by atoms with E-state index in [9.17, 15) is 18.7 Å². The SMILES string of the molecule is O=C([O-])c1ccc(-c2cc(F)cc(Cl)c2)c(F)c1. The molecule has 0 amide bonds. The Balaban J connectivity index is 2.54. The lowest BCUT2D eigenvalue weighted by Crippen LogP contribution is -2.22. The van der Waals surface area contributed by atoms with Gasteiger partial charge in [-0.1, -0.05) is 23.7 Å². The minimum atomic E-state index is -1.47. The summed E-state index contributed by atoms with van der Waals surface area (Å²) in [5.74, 6) is -2.85. The first-order valence-corrected chi connectivity index (χ1v) is 5.32. The number of carboxylic acid groups (broad SMARTS) is 1. The van der Waals surface area contributed by atoms with E-state index in [1.807, 2.05) is 0 Å². The van der Waals surface area contributed by atoms with Gasteiger partial charge in [0.05, 0.1) is 5.97 Å². The van der Waals surface area contributed by atoms with Gasteiger partial charge in [0.15, 0.2) is 0 Å². The average Bonchev–Trinajstić information content (AvgIpc) is 2.27. The fourth-order valence-corrected chi connectivity index (χ4v) is 1.81. The first kappa shape index (κ1) is 12.5. The second-order valence-electron chi connectivity index (χ2n) is 3.64. The molecule has 0 spiro atoms. The number of carbonyl (C=O) groups is 1. The van der Waals surface area contributed by atoms with Gasteiger partial charge in [-0.05, 0) is 29.8 Å². The fourth-order valence-electron chi connectivity index (χ4n) is 1.59. The molecule has 0 atom stereocenters. The van der Waals surface area contributed by atoms with E-state index in [2.05, 4.69) is 0 Å². The number of halogens is 3. The second kappa shape index (κ2) is 4.74. The van der Waals surface area contributed by atoms with Crippen molar-refractivity contribution >= 4 is 17.6 Å². The van der Waals surface area contributed by atoms with E-state index in [4.69, 9.17) is 11.6 Å². The maximum Gasteiger partial charge on any atom is 0.131 e. The Bertz CT molecular complexity index is 606. The lowest BCUT2D eigenvalue weighted by atomic mass is 10.0. The molecule has 2 aromatic rings. The van der Waals surface area contributed by atoms with Crippen molar-refractivity contribution in [3.8, 4) is 11.1 Å². The van der Waals surface area contributed by atoms with Gasteiger partial charge in [-0.3, -0.25) is 0 Å². The zero-order valence-corrected chi connectivity index (χ0v) is 9.67. The number of aromatic carboxylic acids is 1. The predicted octanol–water partition coefficient (Wildman–Crippen LogP) is 2.65. The van der Waals surface area contributed by atoms with Crippen molar-refractivity contribution in [2.75, 3.05) is 0 Å². The molecule has 0 radical (unpaired) electrons. The molecule has 0 unspecified atom stereocenters. The molecule has 2 nitrogen and oxygen atoms in total. The summed E-state index contributed by atoms with van der Waals surface area (Å²) in [4.78, 5) is 10.6. The van der Waals surface area contributed by atoms with E-state index >= 15 is 0 Å². The highest BCUT2D eigenvalue weighted by molar-refractivity contribution is 6.30. The topological polar surface area (TPSA) is 40.1 Å². The number of hydrogen-bond donors (Lipinski definition) is 0. The second-order valence-corrected chi connectivity index (χ2v) is 4.08. The number of carboxylic acids is 1. The van der Waals surface area contributed by atoms with Crippen LogP contribution in [0, 0.1) is 11.6 Å². The molecule has 0 heterocycles. The Morgan fingerprint density at radius 1 is 1.11 bits per heavy atom. The van der Waals surface area contributed by atoms with Crippen LogP contribution in [0.1, 0.15) is 10.4 Å². The van der Waals surface area contributed by atoms with Crippen LogP contribution in [0.4, 0.5) is 8.78 Å². The number of carbonyl (C=O) groups excluding carboxylic acids is 1. The summed E-state index contributed by atoms with van der Waals surface area (Å²) < 4.78 is 26.8. The third-order valence-corrected chi connectivity index (χ3v) is 2.60. The van der Waals surface area contributed by atoms with Crippen LogP contribution in [-0.4, -0.2) is 5.97 Å². The normalized spacial score (nSPS) is 10.4. The Labute approximate surface area is 106 Å². The van der Waals surface area contributed by atoms with E-state index in [0.717, 1.165) is 18.2 Å². The Morgan fingerprint density at radius 2 is 1.83 bits per heavy atom. The summed E-state index contributed by atoms with van der Waals surface area (Å²) in [5, 5.41) is 10.7. The van der Waals surface area contributed by atoms with Crippen molar-refractivity contribution in [2.45, 2.75) is 0 Å². The first-order valence-electron chi connectivity index (χ1n) is 4.95. The molecule has 0 bridgehead atoms. The van der Waals surface area contributed by atoms with Gasteiger partial charge in [-0.2, -0.15) is 0 Å². The summed E-state index contributed by atoms with van der Waals surface area (Å²) in [6, 6.07) is 6.85. The van der Waals surface area contributed by atoms with Gasteiger partial charge >= 0.3 is 0 Å². The monoisotopic (exact) mass is 267 g/mol. The molecule has 2 rings (SSSR count). The summed E-state index contributed by atoms with van der Waals surface area (Å²) >= 11 is 5.67. The maximum absolute atomic E-state index is 13.7. The van der Waals surface area contributed by atoms with Gasteiger partial charge in [0.1, 0.15) is 11.6 Å². The first-order chi connectivity index (χ1) is 8.47. The van der Waals surface area contributed by atoms with Gasteiger partial charge in [0, 0.05) is 16.1 Å². The summed E-state index contributed by atoms with van der Waals surface area (Å²) in [7, 11) is 0. The van der Waals surface area contributed by atoms with E-state index in [-0.39, 0.29) is 21.7 Å². The largest absolute Gasteiger partial charge is 0.545 e. The molecule has 0 saturated carbocycles. The number of hydrogen-bond acceptors (Lipinski definition) is 2. The van der Waals surface area contributed by atoms with Crippen LogP contribution >= 0.6 is 11.6 Å². The van der Waals surface area contributed by atoms with E-state index in [1.165, 1.54) is 18.2 Å². The van der Waals surface area contributed by atoms with E-state index < -0.39 is 17.6 Å². The molecule has 0 aliphatic carbocycles. The zero-order chi connectivity index (χ0) is 13.3. The van der Waals surface area contributed by atoms with Crippen molar-refractivity contribution in [3.05, 3.63) is 58.6 Å². The number of rotatable bonds is 2. The third kappa shape index (κ3) is 2.49. The Morgan fingerprint density at radius 3 is 2.39 bits per heavy atom. The molecule has 0 N–H and O–H groups in total. The molecule has 0 fully saturated rings. The lowest BCUT2D eigenvalue weighted by Gasteiger charge is -2.07. The molecule has 0 aromatic heterocycles. The minimum Gasteiger partial charge on any atom is -0.545 e. The molecule has 0 saturated heterocycles. The molecule has 92 valence electrons. The van der Waals surface area contributed by atoms with Gasteiger partial charge in [-0.15, -0.1) is 0 Å². The summed E-state index contributed by atoms with van der Waals surface area (Å²) in [5.41, 5.74) is 0.0301. The van der Waals surface area contributed by atoms with Crippen molar-refractivity contribution in [2.24, 2.45) is 0 Å². The van der Waals surface area contributed by atoms with Gasteiger partial charge in [0.25, 0.3) is 0 Å². The smallest absolute Gasteiger partial charge is 0.131 e. The predicted molar refractivity (Wildman–Crippen MR) is 61.1 cm³/mol. The quantitative estimate of drug-likeness (QED) is 0.839. The van der Waals surface area contributed by atoms with Gasteiger partial charge in [-0.25, -0.2) is 8.78 Å². The van der Waals surface area contributed by atoms with Gasteiger partial charge in [0.2, 0.25) is 0 Å². The summed E-state index contributed by atoms with van der Waals surface area (Å²) in [6.45, 7) is 0. The molecular formula is C13H6ClF2O2-. The van der Waals surface area contributed by atoms with E-state index in [1.54, 1.807) is 0 Å².